The van der Waals surface area contributed by atoms with Crippen molar-refractivity contribution in [2.24, 2.45) is 0 Å². The highest BCUT2D eigenvalue weighted by Gasteiger charge is 2.30. The summed E-state index contributed by atoms with van der Waals surface area (Å²) in [6.45, 7) is 7.55. The molecule has 1 atom stereocenters. The number of rotatable bonds is 11. The van der Waals surface area contributed by atoms with Gasteiger partial charge in [0, 0.05) is 0 Å². The highest BCUT2D eigenvalue weighted by Crippen LogP contribution is 2.34. The molecular formula is C29H36N2O6S. The van der Waals surface area contributed by atoms with Crippen LogP contribution in [0.5, 0.6) is 17.2 Å². The number of carbonyl (C=O) groups is 1. The summed E-state index contributed by atoms with van der Waals surface area (Å²) in [5.74, 6) is 1.42. The van der Waals surface area contributed by atoms with E-state index < -0.39 is 22.5 Å². The second-order valence-electron chi connectivity index (χ2n) is 9.25. The third-order valence-corrected chi connectivity index (χ3v) is 8.15. The number of hydrogen-bond donors (Lipinski definition) is 1. The Kier molecular flexibility index (Phi) is 9.27. The van der Waals surface area contributed by atoms with E-state index in [0.29, 0.717) is 11.5 Å². The number of anilines is 1. The molecule has 0 aliphatic carbocycles. The van der Waals surface area contributed by atoms with E-state index in [9.17, 15) is 13.2 Å². The molecule has 1 amide bonds. The van der Waals surface area contributed by atoms with Gasteiger partial charge in [0.15, 0.2) is 0 Å². The third-order valence-electron chi connectivity index (χ3n) is 6.37. The Balaban J connectivity index is 1.96. The van der Waals surface area contributed by atoms with Gasteiger partial charge in [-0.25, -0.2) is 8.42 Å². The highest BCUT2D eigenvalue weighted by molar-refractivity contribution is 7.92. The Morgan fingerprint density at radius 2 is 1.50 bits per heavy atom. The van der Waals surface area contributed by atoms with Gasteiger partial charge in [0.1, 0.15) is 23.8 Å². The van der Waals surface area contributed by atoms with Crippen LogP contribution < -0.4 is 23.8 Å². The smallest absolute Gasteiger partial charge is 0.264 e. The normalized spacial score (nSPS) is 12.1. The van der Waals surface area contributed by atoms with Crippen LogP contribution in [0.2, 0.25) is 0 Å². The first kappa shape index (κ1) is 28.8. The fourth-order valence-corrected chi connectivity index (χ4v) is 5.75. The molecule has 3 aromatic carbocycles. The van der Waals surface area contributed by atoms with Gasteiger partial charge in [-0.05, 0) is 85.0 Å². The molecule has 0 saturated carbocycles. The van der Waals surface area contributed by atoms with Crippen molar-refractivity contribution in [3.05, 3.63) is 77.4 Å². The van der Waals surface area contributed by atoms with Gasteiger partial charge >= 0.3 is 0 Å². The number of carbonyl (C=O) groups excluding carboxylic acids is 1. The van der Waals surface area contributed by atoms with Gasteiger partial charge < -0.3 is 19.5 Å². The third kappa shape index (κ3) is 6.22. The summed E-state index contributed by atoms with van der Waals surface area (Å²) < 4.78 is 44.7. The molecule has 0 spiro atoms. The number of amides is 1. The highest BCUT2D eigenvalue weighted by atomic mass is 32.2. The van der Waals surface area contributed by atoms with Crippen molar-refractivity contribution in [1.29, 1.82) is 0 Å². The number of ether oxygens (including phenoxy) is 3. The molecule has 0 aliphatic rings. The number of aryl methyl sites for hydroxylation is 1. The summed E-state index contributed by atoms with van der Waals surface area (Å²) in [5.41, 5.74) is 3.19. The van der Waals surface area contributed by atoms with Crippen molar-refractivity contribution in [3.8, 4) is 17.2 Å². The molecular weight excluding hydrogens is 504 g/mol. The zero-order valence-electron chi connectivity index (χ0n) is 22.9. The van der Waals surface area contributed by atoms with Gasteiger partial charge in [0.05, 0.1) is 38.0 Å². The van der Waals surface area contributed by atoms with Gasteiger partial charge in [-0.1, -0.05) is 26.0 Å². The van der Waals surface area contributed by atoms with E-state index in [2.05, 4.69) is 19.2 Å². The second kappa shape index (κ2) is 12.2. The summed E-state index contributed by atoms with van der Waals surface area (Å²) in [4.78, 5) is 13.4. The Labute approximate surface area is 225 Å². The number of sulfonamides is 1. The molecule has 0 aliphatic heterocycles. The molecule has 204 valence electrons. The predicted molar refractivity (Wildman–Crippen MR) is 149 cm³/mol. The largest absolute Gasteiger partial charge is 0.497 e. The van der Waals surface area contributed by atoms with Gasteiger partial charge in [-0.15, -0.1) is 0 Å². The molecule has 0 fully saturated rings. The SMILES string of the molecule is COc1ccc(S(=O)(=O)N(CC(=O)NC(C)c2cc(C(C)C)c(OC)cc2C)c2ccccc2OC)cc1. The summed E-state index contributed by atoms with van der Waals surface area (Å²) in [6, 6.07) is 16.4. The molecule has 0 saturated heterocycles. The minimum atomic E-state index is -4.12. The van der Waals surface area contributed by atoms with Crippen molar-refractivity contribution in [3.63, 3.8) is 0 Å². The number of benzene rings is 3. The lowest BCUT2D eigenvalue weighted by Crippen LogP contribution is -2.41. The van der Waals surface area contributed by atoms with E-state index in [0.717, 1.165) is 26.7 Å². The number of para-hydroxylation sites is 2. The Morgan fingerprint density at radius 3 is 2.08 bits per heavy atom. The second-order valence-corrected chi connectivity index (χ2v) is 11.1. The zero-order chi connectivity index (χ0) is 28.0. The lowest BCUT2D eigenvalue weighted by molar-refractivity contribution is -0.120. The molecule has 8 nitrogen and oxygen atoms in total. The number of hydrogen-bond acceptors (Lipinski definition) is 6. The van der Waals surface area contributed by atoms with Crippen molar-refractivity contribution in [2.45, 2.75) is 44.6 Å². The maximum Gasteiger partial charge on any atom is 0.264 e. The summed E-state index contributed by atoms with van der Waals surface area (Å²) in [7, 11) is 0.479. The number of nitrogens with zero attached hydrogens (tertiary/aromatic N) is 1. The van der Waals surface area contributed by atoms with Gasteiger partial charge in [-0.2, -0.15) is 0 Å². The van der Waals surface area contributed by atoms with Crippen LogP contribution in [0.1, 0.15) is 49.4 Å². The van der Waals surface area contributed by atoms with Crippen LogP contribution in [-0.4, -0.2) is 42.2 Å². The first-order valence-electron chi connectivity index (χ1n) is 12.3. The summed E-state index contributed by atoms with van der Waals surface area (Å²) in [5, 5.41) is 2.97. The average Bonchev–Trinajstić information content (AvgIpc) is 2.91. The molecule has 0 bridgehead atoms. The van der Waals surface area contributed by atoms with E-state index in [1.54, 1.807) is 43.5 Å². The van der Waals surface area contributed by atoms with Crippen LogP contribution >= 0.6 is 0 Å². The molecule has 1 N–H and O–H groups in total. The fourth-order valence-electron chi connectivity index (χ4n) is 4.32. The van der Waals surface area contributed by atoms with Crippen LogP contribution in [-0.2, 0) is 14.8 Å². The number of methoxy groups -OCH3 is 3. The lowest BCUT2D eigenvalue weighted by atomic mass is 9.93. The van der Waals surface area contributed by atoms with E-state index in [1.807, 2.05) is 26.0 Å². The lowest BCUT2D eigenvalue weighted by Gasteiger charge is -2.27. The first-order valence-corrected chi connectivity index (χ1v) is 13.7. The van der Waals surface area contributed by atoms with E-state index in [1.165, 1.54) is 26.4 Å². The van der Waals surface area contributed by atoms with Crippen LogP contribution in [0.3, 0.4) is 0 Å². The quantitative estimate of drug-likeness (QED) is 0.359. The van der Waals surface area contributed by atoms with Crippen LogP contribution in [0.25, 0.3) is 0 Å². The van der Waals surface area contributed by atoms with Crippen molar-refractivity contribution < 1.29 is 27.4 Å². The molecule has 0 aromatic heterocycles. The average molecular weight is 541 g/mol. The van der Waals surface area contributed by atoms with Gasteiger partial charge in [-0.3, -0.25) is 9.10 Å². The number of nitrogens with one attached hydrogen (secondary N) is 1. The molecule has 1 unspecified atom stereocenters. The maximum atomic E-state index is 13.8. The van der Waals surface area contributed by atoms with Crippen LogP contribution in [0.15, 0.2) is 65.6 Å². The van der Waals surface area contributed by atoms with Crippen molar-refractivity contribution >= 4 is 21.6 Å². The van der Waals surface area contributed by atoms with Crippen LogP contribution in [0.4, 0.5) is 5.69 Å². The minimum absolute atomic E-state index is 0.0256. The Bertz CT molecular complexity index is 1370. The fraction of sp³-hybridized carbons (Fsp3) is 0.345. The van der Waals surface area contributed by atoms with E-state index in [4.69, 9.17) is 14.2 Å². The molecule has 38 heavy (non-hydrogen) atoms. The predicted octanol–water partition coefficient (Wildman–Crippen LogP) is 5.22. The summed E-state index contributed by atoms with van der Waals surface area (Å²) >= 11 is 0. The van der Waals surface area contributed by atoms with E-state index in [-0.39, 0.29) is 22.5 Å². The van der Waals surface area contributed by atoms with Gasteiger partial charge in [0.25, 0.3) is 10.0 Å². The molecule has 0 radical (unpaired) electrons. The van der Waals surface area contributed by atoms with Crippen molar-refractivity contribution in [2.75, 3.05) is 32.2 Å². The standard InChI is InChI=1S/C29H36N2O6S/c1-19(2)24-17-25(20(3)16-28(24)37-7)21(4)30-29(32)18-31(26-10-8-9-11-27(26)36-6)38(33,34)23-14-12-22(35-5)13-15-23/h8-17,19,21H,18H2,1-7H3,(H,30,32). The van der Waals surface area contributed by atoms with Crippen molar-refractivity contribution in [1.82, 2.24) is 5.32 Å². The zero-order valence-corrected chi connectivity index (χ0v) is 23.8. The monoisotopic (exact) mass is 540 g/mol. The first-order chi connectivity index (χ1) is 18.0. The Hall–Kier alpha value is -3.72. The molecule has 9 heteroatoms. The molecule has 0 heterocycles. The van der Waals surface area contributed by atoms with E-state index >= 15 is 0 Å². The Morgan fingerprint density at radius 1 is 0.868 bits per heavy atom. The minimum Gasteiger partial charge on any atom is -0.497 e. The maximum absolute atomic E-state index is 13.8. The van der Waals surface area contributed by atoms with Gasteiger partial charge in [0.2, 0.25) is 5.91 Å². The topological polar surface area (TPSA) is 94.2 Å². The molecule has 3 rings (SSSR count). The molecule has 3 aromatic rings. The summed E-state index contributed by atoms with van der Waals surface area (Å²) in [6.07, 6.45) is 0. The van der Waals surface area contributed by atoms with Crippen LogP contribution in [0, 0.1) is 6.92 Å².